The molecule has 33 heavy (non-hydrogen) atoms. The van der Waals surface area contributed by atoms with Gasteiger partial charge in [-0.25, -0.2) is 4.79 Å². The molecular formula is C24H22N2O6S. The van der Waals surface area contributed by atoms with Crippen molar-refractivity contribution >= 4 is 46.9 Å². The molecule has 2 N–H and O–H groups in total. The van der Waals surface area contributed by atoms with Crippen LogP contribution in [0.15, 0.2) is 54.6 Å². The number of allylic oxidation sites excluding steroid dienone is 1. The van der Waals surface area contributed by atoms with Crippen LogP contribution in [0.1, 0.15) is 16.7 Å². The minimum absolute atomic E-state index is 0.00454. The summed E-state index contributed by atoms with van der Waals surface area (Å²) in [6.45, 7) is 5.04. The number of aryl methyl sites for hydroxylation is 1. The van der Waals surface area contributed by atoms with E-state index in [0.29, 0.717) is 23.2 Å². The Morgan fingerprint density at radius 3 is 2.67 bits per heavy atom. The summed E-state index contributed by atoms with van der Waals surface area (Å²) < 4.78 is 10.8. The van der Waals surface area contributed by atoms with Crippen LogP contribution >= 0.6 is 12.2 Å². The van der Waals surface area contributed by atoms with Crippen LogP contribution < -0.4 is 19.7 Å². The number of carboxylic acid groups (broad SMARTS) is 1. The van der Waals surface area contributed by atoms with Crippen LogP contribution in [-0.2, 0) is 20.8 Å². The number of thiocarbonyl (C=S) groups is 1. The normalized spacial score (nSPS) is 14.8. The number of methoxy groups -OCH3 is 1. The third-order valence-corrected chi connectivity index (χ3v) is 5.04. The van der Waals surface area contributed by atoms with Crippen LogP contribution in [0.2, 0.25) is 0 Å². The maximum absolute atomic E-state index is 13.2. The first-order valence-electron chi connectivity index (χ1n) is 9.89. The Kier molecular flexibility index (Phi) is 7.24. The molecule has 0 spiro atoms. The molecule has 0 aromatic heterocycles. The standard InChI is InChI=1S/C24H22N2O6S/c1-4-6-16-10-15(12-19(31-3)21(16)32-13-20(27)28)11-18-22(29)25-24(33)26(23(18)30)17-8-5-7-14(2)9-17/h4-5,7-12H,1,6,13H2,2-3H3,(H,27,28)(H,25,29,33)/b18-11-. The molecular weight excluding hydrogens is 444 g/mol. The van der Waals surface area contributed by atoms with Crippen LogP contribution in [0.4, 0.5) is 5.69 Å². The summed E-state index contributed by atoms with van der Waals surface area (Å²) in [5.74, 6) is -1.81. The lowest BCUT2D eigenvalue weighted by molar-refractivity contribution is -0.139. The summed E-state index contributed by atoms with van der Waals surface area (Å²) in [7, 11) is 1.41. The molecule has 0 atom stereocenters. The summed E-state index contributed by atoms with van der Waals surface area (Å²) >= 11 is 5.24. The minimum atomic E-state index is -1.13. The lowest BCUT2D eigenvalue weighted by Crippen LogP contribution is -2.54. The maximum Gasteiger partial charge on any atom is 0.341 e. The van der Waals surface area contributed by atoms with Crippen LogP contribution in [0.3, 0.4) is 0 Å². The Labute approximate surface area is 196 Å². The summed E-state index contributed by atoms with van der Waals surface area (Å²) in [6.07, 6.45) is 3.40. The number of carbonyl (C=O) groups excluding carboxylic acids is 2. The van der Waals surface area contributed by atoms with Gasteiger partial charge in [-0.05, 0) is 67.0 Å². The number of rotatable bonds is 8. The zero-order valence-electron chi connectivity index (χ0n) is 18.1. The number of aliphatic carboxylic acids is 1. The fourth-order valence-electron chi connectivity index (χ4n) is 3.35. The molecule has 0 saturated carbocycles. The molecule has 9 heteroatoms. The Morgan fingerprint density at radius 1 is 1.27 bits per heavy atom. The van der Waals surface area contributed by atoms with E-state index in [0.717, 1.165) is 5.56 Å². The maximum atomic E-state index is 13.2. The van der Waals surface area contributed by atoms with Crippen molar-refractivity contribution in [1.29, 1.82) is 0 Å². The molecule has 0 aliphatic carbocycles. The summed E-state index contributed by atoms with van der Waals surface area (Å²) in [5, 5.41) is 11.5. The van der Waals surface area contributed by atoms with Gasteiger partial charge in [0.1, 0.15) is 5.57 Å². The van der Waals surface area contributed by atoms with Crippen molar-refractivity contribution < 1.29 is 29.0 Å². The highest BCUT2D eigenvalue weighted by Gasteiger charge is 2.34. The van der Waals surface area contributed by atoms with E-state index in [2.05, 4.69) is 11.9 Å². The van der Waals surface area contributed by atoms with Crippen molar-refractivity contribution in [3.8, 4) is 11.5 Å². The van der Waals surface area contributed by atoms with Gasteiger partial charge >= 0.3 is 5.97 Å². The molecule has 170 valence electrons. The van der Waals surface area contributed by atoms with Gasteiger partial charge in [0.25, 0.3) is 11.8 Å². The fourth-order valence-corrected chi connectivity index (χ4v) is 3.63. The van der Waals surface area contributed by atoms with Gasteiger partial charge < -0.3 is 14.6 Å². The van der Waals surface area contributed by atoms with Gasteiger partial charge in [0, 0.05) is 5.56 Å². The molecule has 1 heterocycles. The number of ether oxygens (including phenoxy) is 2. The van der Waals surface area contributed by atoms with E-state index in [-0.39, 0.29) is 22.2 Å². The van der Waals surface area contributed by atoms with Gasteiger partial charge in [-0.2, -0.15) is 0 Å². The van der Waals surface area contributed by atoms with Gasteiger partial charge in [-0.15, -0.1) is 6.58 Å². The highest BCUT2D eigenvalue weighted by molar-refractivity contribution is 7.80. The van der Waals surface area contributed by atoms with E-state index >= 15 is 0 Å². The number of benzene rings is 2. The number of anilines is 1. The first-order chi connectivity index (χ1) is 15.7. The second kappa shape index (κ2) is 10.1. The average Bonchev–Trinajstić information content (AvgIpc) is 2.75. The number of nitrogens with one attached hydrogen (secondary N) is 1. The second-order valence-electron chi connectivity index (χ2n) is 7.18. The molecule has 8 nitrogen and oxygen atoms in total. The smallest absolute Gasteiger partial charge is 0.341 e. The van der Waals surface area contributed by atoms with Crippen molar-refractivity contribution in [2.45, 2.75) is 13.3 Å². The third-order valence-electron chi connectivity index (χ3n) is 4.75. The highest BCUT2D eigenvalue weighted by atomic mass is 32.1. The van der Waals surface area contributed by atoms with Crippen molar-refractivity contribution in [3.63, 3.8) is 0 Å². The average molecular weight is 467 g/mol. The fraction of sp³-hybridized carbons (Fsp3) is 0.167. The summed E-state index contributed by atoms with van der Waals surface area (Å²) in [4.78, 5) is 38.1. The third kappa shape index (κ3) is 5.27. The van der Waals surface area contributed by atoms with Gasteiger partial charge in [-0.1, -0.05) is 18.2 Å². The number of hydrogen-bond donors (Lipinski definition) is 2. The number of carbonyl (C=O) groups is 3. The molecule has 1 saturated heterocycles. The summed E-state index contributed by atoms with van der Waals surface area (Å²) in [5.41, 5.74) is 2.43. The Bertz CT molecular complexity index is 1190. The molecule has 1 aliphatic rings. The van der Waals surface area contributed by atoms with Gasteiger partial charge in [0.15, 0.2) is 23.2 Å². The molecule has 0 radical (unpaired) electrons. The highest BCUT2D eigenvalue weighted by Crippen LogP contribution is 2.35. The van der Waals surface area contributed by atoms with Gasteiger partial charge in [0.2, 0.25) is 0 Å². The van der Waals surface area contributed by atoms with Crippen molar-refractivity contribution in [2.75, 3.05) is 18.6 Å². The largest absolute Gasteiger partial charge is 0.493 e. The molecule has 0 bridgehead atoms. The van der Waals surface area contributed by atoms with E-state index in [4.69, 9.17) is 26.8 Å². The lowest BCUT2D eigenvalue weighted by atomic mass is 10.0. The zero-order chi connectivity index (χ0) is 24.1. The Hall–Kier alpha value is -3.98. The van der Waals surface area contributed by atoms with Gasteiger partial charge in [0.05, 0.1) is 12.8 Å². The Balaban J connectivity index is 2.06. The van der Waals surface area contributed by atoms with E-state index in [1.807, 2.05) is 13.0 Å². The number of nitrogens with zero attached hydrogens (tertiary/aromatic N) is 1. The van der Waals surface area contributed by atoms with E-state index in [1.165, 1.54) is 18.1 Å². The van der Waals surface area contributed by atoms with Crippen molar-refractivity contribution in [2.24, 2.45) is 0 Å². The van der Waals surface area contributed by atoms with E-state index in [1.54, 1.807) is 36.4 Å². The van der Waals surface area contributed by atoms with Crippen molar-refractivity contribution in [3.05, 3.63) is 71.3 Å². The second-order valence-corrected chi connectivity index (χ2v) is 7.57. The molecule has 1 fully saturated rings. The van der Waals surface area contributed by atoms with Gasteiger partial charge in [-0.3, -0.25) is 19.8 Å². The Morgan fingerprint density at radius 2 is 2.03 bits per heavy atom. The molecule has 2 aromatic rings. The van der Waals surface area contributed by atoms with Crippen LogP contribution in [0.5, 0.6) is 11.5 Å². The molecule has 3 rings (SSSR count). The summed E-state index contributed by atoms with van der Waals surface area (Å²) in [6, 6.07) is 10.4. The SMILES string of the molecule is C=CCc1cc(/C=C2/C(=O)NC(=S)N(c3cccc(C)c3)C2=O)cc(OC)c1OCC(=O)O. The first-order valence-corrected chi connectivity index (χ1v) is 10.3. The first kappa shape index (κ1) is 23.7. The van der Waals surface area contributed by atoms with E-state index in [9.17, 15) is 14.4 Å². The van der Waals surface area contributed by atoms with Crippen LogP contribution in [0, 0.1) is 6.92 Å². The lowest BCUT2D eigenvalue weighted by Gasteiger charge is -2.29. The zero-order valence-corrected chi connectivity index (χ0v) is 18.9. The monoisotopic (exact) mass is 466 g/mol. The number of hydrogen-bond acceptors (Lipinski definition) is 6. The number of amides is 2. The topological polar surface area (TPSA) is 105 Å². The quantitative estimate of drug-likeness (QED) is 0.267. The molecule has 0 unspecified atom stereocenters. The van der Waals surface area contributed by atoms with E-state index < -0.39 is 24.4 Å². The predicted molar refractivity (Wildman–Crippen MR) is 127 cm³/mol. The van der Waals surface area contributed by atoms with Crippen LogP contribution in [-0.4, -0.2) is 41.7 Å². The minimum Gasteiger partial charge on any atom is -0.493 e. The molecule has 2 amide bonds. The molecule has 2 aromatic carbocycles. The molecule has 1 aliphatic heterocycles. The predicted octanol–water partition coefficient (Wildman–Crippen LogP) is 3.03. The number of carboxylic acids is 1. The van der Waals surface area contributed by atoms with Crippen molar-refractivity contribution in [1.82, 2.24) is 5.32 Å². The van der Waals surface area contributed by atoms with Crippen LogP contribution in [0.25, 0.3) is 6.08 Å².